The Balaban J connectivity index is 1.38. The van der Waals surface area contributed by atoms with E-state index in [2.05, 4.69) is 43.4 Å². The maximum absolute atomic E-state index is 12.8. The van der Waals surface area contributed by atoms with E-state index < -0.39 is 0 Å². The first-order chi connectivity index (χ1) is 16.6. The van der Waals surface area contributed by atoms with Crippen LogP contribution in [0.4, 0.5) is 5.69 Å². The predicted octanol–water partition coefficient (Wildman–Crippen LogP) is 5.31. The third-order valence-electron chi connectivity index (χ3n) is 6.95. The van der Waals surface area contributed by atoms with E-state index in [1.807, 2.05) is 55.6 Å². The molecule has 1 saturated heterocycles. The van der Waals surface area contributed by atoms with Crippen molar-refractivity contribution in [2.24, 2.45) is 0 Å². The van der Waals surface area contributed by atoms with Gasteiger partial charge in [0.25, 0.3) is 0 Å². The van der Waals surface area contributed by atoms with Crippen LogP contribution in [0.3, 0.4) is 0 Å². The van der Waals surface area contributed by atoms with Crippen LogP contribution in [0.15, 0.2) is 67.0 Å². The predicted molar refractivity (Wildman–Crippen MR) is 139 cm³/mol. The Morgan fingerprint density at radius 3 is 2.65 bits per heavy atom. The van der Waals surface area contributed by atoms with Crippen LogP contribution in [0.1, 0.15) is 67.2 Å². The van der Waals surface area contributed by atoms with Gasteiger partial charge in [-0.15, -0.1) is 0 Å². The summed E-state index contributed by atoms with van der Waals surface area (Å²) in [6.07, 6.45) is 9.34. The highest BCUT2D eigenvalue weighted by Crippen LogP contribution is 2.41. The van der Waals surface area contributed by atoms with Crippen molar-refractivity contribution in [2.75, 3.05) is 11.9 Å². The van der Waals surface area contributed by atoms with Gasteiger partial charge in [-0.1, -0.05) is 36.6 Å². The standard InChI is InChI=1S/C27H31N5OS/c1-19-11-13-20(14-12-19)29-24(33)15-18-32-26(23-10-6-17-31(23)21-7-2-3-8-21)25(30-27(32)34)22-9-4-5-16-28-22/h4-6,9-14,16-17,21,25-26H,2-3,7-8,15,18H2,1H3,(H,29,33)(H,30,34)/t25-,26+/m1/s1. The van der Waals surface area contributed by atoms with E-state index in [0.717, 1.165) is 11.4 Å². The number of aromatic nitrogens is 2. The molecule has 1 aliphatic heterocycles. The molecule has 2 aromatic heterocycles. The van der Waals surface area contributed by atoms with Crippen LogP contribution >= 0.6 is 12.2 Å². The fourth-order valence-electron chi connectivity index (χ4n) is 5.22. The van der Waals surface area contributed by atoms with Gasteiger partial charge >= 0.3 is 0 Å². The molecule has 2 aliphatic rings. The quantitative estimate of drug-likeness (QED) is 0.456. The summed E-state index contributed by atoms with van der Waals surface area (Å²) in [5, 5.41) is 7.19. The number of nitrogens with zero attached hydrogens (tertiary/aromatic N) is 3. The van der Waals surface area contributed by atoms with Gasteiger partial charge in [-0.2, -0.15) is 0 Å². The average Bonchev–Trinajstić information content (AvgIpc) is 3.59. The van der Waals surface area contributed by atoms with Crippen molar-refractivity contribution in [3.63, 3.8) is 0 Å². The zero-order valence-corrected chi connectivity index (χ0v) is 20.3. The summed E-state index contributed by atoms with van der Waals surface area (Å²) in [4.78, 5) is 19.6. The Kier molecular flexibility index (Phi) is 6.63. The van der Waals surface area contributed by atoms with Crippen LogP contribution in [0.25, 0.3) is 0 Å². The van der Waals surface area contributed by atoms with Gasteiger partial charge < -0.3 is 20.1 Å². The molecule has 34 heavy (non-hydrogen) atoms. The number of amides is 1. The monoisotopic (exact) mass is 473 g/mol. The van der Waals surface area contributed by atoms with E-state index in [1.54, 1.807) is 0 Å². The number of pyridine rings is 1. The lowest BCUT2D eigenvalue weighted by Crippen LogP contribution is -2.33. The smallest absolute Gasteiger partial charge is 0.226 e. The highest BCUT2D eigenvalue weighted by atomic mass is 32.1. The van der Waals surface area contributed by atoms with Crippen LogP contribution in [0.2, 0.25) is 0 Å². The summed E-state index contributed by atoms with van der Waals surface area (Å²) < 4.78 is 2.43. The van der Waals surface area contributed by atoms with Gasteiger partial charge in [-0.05, 0) is 68.4 Å². The van der Waals surface area contributed by atoms with Crippen molar-refractivity contribution in [1.29, 1.82) is 0 Å². The number of hydrogen-bond acceptors (Lipinski definition) is 3. The van der Waals surface area contributed by atoms with Crippen molar-refractivity contribution in [1.82, 2.24) is 19.8 Å². The molecule has 3 aromatic rings. The molecule has 1 saturated carbocycles. The highest BCUT2D eigenvalue weighted by molar-refractivity contribution is 7.80. The van der Waals surface area contributed by atoms with E-state index >= 15 is 0 Å². The van der Waals surface area contributed by atoms with Gasteiger partial charge in [0, 0.05) is 42.8 Å². The number of rotatable bonds is 7. The molecule has 2 N–H and O–H groups in total. The summed E-state index contributed by atoms with van der Waals surface area (Å²) in [5.74, 6) is -0.0159. The molecule has 2 atom stereocenters. The van der Waals surface area contributed by atoms with Crippen molar-refractivity contribution < 1.29 is 4.79 Å². The van der Waals surface area contributed by atoms with E-state index in [0.29, 0.717) is 24.1 Å². The topological polar surface area (TPSA) is 62.2 Å². The lowest BCUT2D eigenvalue weighted by atomic mass is 10.0. The van der Waals surface area contributed by atoms with Crippen LogP contribution in [0.5, 0.6) is 0 Å². The van der Waals surface area contributed by atoms with Crippen LogP contribution in [-0.4, -0.2) is 32.0 Å². The van der Waals surface area contributed by atoms with Crippen molar-refractivity contribution in [2.45, 2.75) is 57.2 Å². The number of benzene rings is 1. The normalized spacial score (nSPS) is 20.5. The average molecular weight is 474 g/mol. The second-order valence-electron chi connectivity index (χ2n) is 9.26. The minimum absolute atomic E-state index is 0.0159. The molecule has 0 radical (unpaired) electrons. The molecule has 7 heteroatoms. The highest BCUT2D eigenvalue weighted by Gasteiger charge is 2.41. The Morgan fingerprint density at radius 1 is 1.12 bits per heavy atom. The molecule has 0 unspecified atom stereocenters. The van der Waals surface area contributed by atoms with Gasteiger partial charge in [0.1, 0.15) is 0 Å². The first-order valence-electron chi connectivity index (χ1n) is 12.1. The molecule has 2 fully saturated rings. The number of hydrogen-bond donors (Lipinski definition) is 2. The summed E-state index contributed by atoms with van der Waals surface area (Å²) in [6.45, 7) is 2.57. The molecule has 3 heterocycles. The van der Waals surface area contributed by atoms with Crippen molar-refractivity contribution in [3.8, 4) is 0 Å². The van der Waals surface area contributed by atoms with Gasteiger partial charge in [0.05, 0.1) is 17.8 Å². The molecular formula is C27H31N5OS. The lowest BCUT2D eigenvalue weighted by molar-refractivity contribution is -0.116. The SMILES string of the molecule is Cc1ccc(NC(=O)CCN2C(=S)N[C@H](c3ccccn3)[C@@H]2c2cccn2C2CCCC2)cc1. The maximum Gasteiger partial charge on any atom is 0.226 e. The Hall–Kier alpha value is -3.19. The summed E-state index contributed by atoms with van der Waals surface area (Å²) in [6, 6.07) is 18.6. The Bertz CT molecular complexity index is 1140. The lowest BCUT2D eigenvalue weighted by Gasteiger charge is -2.30. The number of carbonyl (C=O) groups is 1. The van der Waals surface area contributed by atoms with Gasteiger partial charge in [0.15, 0.2) is 5.11 Å². The maximum atomic E-state index is 12.8. The third-order valence-corrected chi connectivity index (χ3v) is 7.30. The molecule has 176 valence electrons. The number of nitrogens with one attached hydrogen (secondary N) is 2. The Morgan fingerprint density at radius 2 is 1.91 bits per heavy atom. The van der Waals surface area contributed by atoms with Gasteiger partial charge in [-0.25, -0.2) is 0 Å². The van der Waals surface area contributed by atoms with E-state index in [4.69, 9.17) is 12.2 Å². The Labute approximate surface area is 206 Å². The van der Waals surface area contributed by atoms with Gasteiger partial charge in [0.2, 0.25) is 5.91 Å². The van der Waals surface area contributed by atoms with E-state index in [1.165, 1.54) is 36.9 Å². The fraction of sp³-hybridized carbons (Fsp3) is 0.370. The molecule has 5 rings (SSSR count). The van der Waals surface area contributed by atoms with Crippen LogP contribution < -0.4 is 10.6 Å². The van der Waals surface area contributed by atoms with Crippen LogP contribution in [0, 0.1) is 6.92 Å². The summed E-state index contributed by atoms with van der Waals surface area (Å²) >= 11 is 5.79. The van der Waals surface area contributed by atoms with Crippen molar-refractivity contribution in [3.05, 3.63) is 83.9 Å². The number of thiocarbonyl (C=S) groups is 1. The second kappa shape index (κ2) is 9.97. The summed E-state index contributed by atoms with van der Waals surface area (Å²) in [5.41, 5.74) is 4.17. The molecule has 6 nitrogen and oxygen atoms in total. The minimum atomic E-state index is -0.0658. The zero-order valence-electron chi connectivity index (χ0n) is 19.5. The zero-order chi connectivity index (χ0) is 23.5. The number of carbonyl (C=O) groups excluding carboxylic acids is 1. The molecule has 1 aromatic carbocycles. The fourth-order valence-corrected chi connectivity index (χ4v) is 5.55. The van der Waals surface area contributed by atoms with Gasteiger partial charge in [-0.3, -0.25) is 9.78 Å². The largest absolute Gasteiger partial charge is 0.352 e. The molecular weight excluding hydrogens is 442 g/mol. The number of anilines is 1. The molecule has 0 spiro atoms. The first kappa shape index (κ1) is 22.6. The van der Waals surface area contributed by atoms with Crippen molar-refractivity contribution >= 4 is 28.9 Å². The third kappa shape index (κ3) is 4.71. The molecule has 1 amide bonds. The van der Waals surface area contributed by atoms with E-state index in [-0.39, 0.29) is 18.0 Å². The molecule has 1 aliphatic carbocycles. The molecule has 0 bridgehead atoms. The van der Waals surface area contributed by atoms with E-state index in [9.17, 15) is 4.79 Å². The number of aryl methyl sites for hydroxylation is 1. The van der Waals surface area contributed by atoms with Crippen LogP contribution in [-0.2, 0) is 4.79 Å². The first-order valence-corrected chi connectivity index (χ1v) is 12.5. The second-order valence-corrected chi connectivity index (χ2v) is 9.65. The summed E-state index contributed by atoms with van der Waals surface area (Å²) in [7, 11) is 0. The minimum Gasteiger partial charge on any atom is -0.352 e.